The average molecular weight is 511 g/mol. The summed E-state index contributed by atoms with van der Waals surface area (Å²) in [6.07, 6.45) is 0.740. The average Bonchev–Trinajstić information content (AvgIpc) is 2.93. The number of carbonyl (C=O) groups excluding carboxylic acids is 2. The largest absolute Gasteiger partial charge is 0.489 e. The Morgan fingerprint density at radius 2 is 1.79 bits per heavy atom. The normalized spacial score (nSPS) is 11.4. The van der Waals surface area contributed by atoms with Crippen LogP contribution in [0.5, 0.6) is 5.75 Å². The fourth-order valence-corrected chi connectivity index (χ4v) is 3.97. The van der Waals surface area contributed by atoms with Crippen molar-refractivity contribution in [2.75, 3.05) is 6.61 Å². The summed E-state index contributed by atoms with van der Waals surface area (Å²) in [5.41, 5.74) is 2.86. The molecule has 1 N–H and O–H groups in total. The number of rotatable bonds is 10. The van der Waals surface area contributed by atoms with Crippen molar-refractivity contribution >= 4 is 22.8 Å². The highest BCUT2D eigenvalue weighted by molar-refractivity contribution is 5.91. The molecule has 4 rings (SSSR count). The van der Waals surface area contributed by atoms with Crippen LogP contribution in [0.1, 0.15) is 45.9 Å². The zero-order chi connectivity index (χ0) is 26.9. The Bertz CT molecular complexity index is 1520. The number of esters is 1. The van der Waals surface area contributed by atoms with Crippen molar-refractivity contribution in [2.24, 2.45) is 0 Å². The number of ether oxygens (including phenoxy) is 2. The molecule has 0 fully saturated rings. The first-order valence-electron chi connectivity index (χ1n) is 12.1. The van der Waals surface area contributed by atoms with Gasteiger partial charge in [0.2, 0.25) is 0 Å². The molecule has 3 aromatic carbocycles. The first-order chi connectivity index (χ1) is 18.4. The van der Waals surface area contributed by atoms with Crippen LogP contribution in [0, 0.1) is 18.3 Å². The molecule has 1 amide bonds. The predicted octanol–water partition coefficient (Wildman–Crippen LogP) is 5.00. The van der Waals surface area contributed by atoms with E-state index in [1.54, 1.807) is 36.4 Å². The zero-order valence-electron chi connectivity index (χ0n) is 20.8. The van der Waals surface area contributed by atoms with Crippen LogP contribution in [0.4, 0.5) is 0 Å². The van der Waals surface area contributed by atoms with Crippen LogP contribution in [0.15, 0.2) is 88.1 Å². The van der Waals surface area contributed by atoms with E-state index in [0.717, 1.165) is 22.1 Å². The summed E-state index contributed by atoms with van der Waals surface area (Å²) >= 11 is 0. The molecule has 8 nitrogen and oxygen atoms in total. The van der Waals surface area contributed by atoms with E-state index in [2.05, 4.69) is 11.4 Å². The molecule has 0 bridgehead atoms. The first-order valence-corrected chi connectivity index (χ1v) is 12.1. The van der Waals surface area contributed by atoms with Crippen LogP contribution in [-0.2, 0) is 16.1 Å². The third kappa shape index (κ3) is 6.86. The molecule has 8 heteroatoms. The fraction of sp³-hybridized carbons (Fsp3) is 0.200. The monoisotopic (exact) mass is 510 g/mol. The lowest BCUT2D eigenvalue weighted by atomic mass is 10.0. The number of amides is 1. The van der Waals surface area contributed by atoms with E-state index in [1.807, 2.05) is 43.3 Å². The standard InChI is InChI=1S/C30H26N2O6/c1-20-16-29(34)38-27-17-24(13-14-25(20)27)36-18-21-9-11-23(12-10-21)30(35)37-19-28(33)32-26(8-5-15-31)22-6-3-2-4-7-22/h2-4,6-7,9-14,16-17,26H,5,8,18-19H2,1H3,(H,32,33). The van der Waals surface area contributed by atoms with Crippen molar-refractivity contribution < 1.29 is 23.5 Å². The van der Waals surface area contributed by atoms with E-state index in [0.29, 0.717) is 23.3 Å². The molecule has 192 valence electrons. The molecule has 4 aromatic rings. The molecule has 1 aromatic heterocycles. The van der Waals surface area contributed by atoms with E-state index in [4.69, 9.17) is 19.2 Å². The number of nitrogens with one attached hydrogen (secondary N) is 1. The first kappa shape index (κ1) is 26.2. The van der Waals surface area contributed by atoms with Crippen LogP contribution in [-0.4, -0.2) is 18.5 Å². The van der Waals surface area contributed by atoms with Crippen molar-refractivity contribution in [3.63, 3.8) is 0 Å². The zero-order valence-corrected chi connectivity index (χ0v) is 20.8. The number of nitrogens with zero attached hydrogens (tertiary/aromatic N) is 1. The molecular formula is C30H26N2O6. The highest BCUT2D eigenvalue weighted by Gasteiger charge is 2.16. The third-order valence-corrected chi connectivity index (χ3v) is 5.93. The van der Waals surface area contributed by atoms with Crippen molar-refractivity contribution in [3.8, 4) is 11.8 Å². The Balaban J connectivity index is 1.29. The van der Waals surface area contributed by atoms with Gasteiger partial charge in [0.05, 0.1) is 17.7 Å². The highest BCUT2D eigenvalue weighted by Crippen LogP contribution is 2.23. The van der Waals surface area contributed by atoms with Gasteiger partial charge in [0.1, 0.15) is 17.9 Å². The van der Waals surface area contributed by atoms with Crippen LogP contribution in [0.2, 0.25) is 0 Å². The van der Waals surface area contributed by atoms with Crippen LogP contribution < -0.4 is 15.7 Å². The summed E-state index contributed by atoms with van der Waals surface area (Å²) in [5, 5.41) is 12.6. The Morgan fingerprint density at radius 3 is 2.53 bits per heavy atom. The molecule has 0 spiro atoms. The third-order valence-electron chi connectivity index (χ3n) is 5.93. The van der Waals surface area contributed by atoms with Gasteiger partial charge in [-0.25, -0.2) is 9.59 Å². The molecule has 0 saturated carbocycles. The lowest BCUT2D eigenvalue weighted by Crippen LogP contribution is -2.32. The maximum absolute atomic E-state index is 12.4. The molecule has 1 unspecified atom stereocenters. The topological polar surface area (TPSA) is 119 Å². The minimum absolute atomic E-state index is 0.239. The Hall–Kier alpha value is -4.90. The van der Waals surface area contributed by atoms with Crippen LogP contribution in [0.25, 0.3) is 11.0 Å². The molecule has 0 saturated heterocycles. The molecule has 1 atom stereocenters. The minimum atomic E-state index is -0.624. The molecular weight excluding hydrogens is 484 g/mol. The molecule has 0 radical (unpaired) electrons. The Labute approximate surface area is 219 Å². The van der Waals surface area contributed by atoms with Gasteiger partial charge in [0.15, 0.2) is 6.61 Å². The van der Waals surface area contributed by atoms with E-state index in [-0.39, 0.29) is 19.1 Å². The maximum Gasteiger partial charge on any atom is 0.338 e. The van der Waals surface area contributed by atoms with Gasteiger partial charge >= 0.3 is 11.6 Å². The molecule has 1 heterocycles. The van der Waals surface area contributed by atoms with Gasteiger partial charge in [-0.15, -0.1) is 0 Å². The quantitative estimate of drug-likeness (QED) is 0.236. The van der Waals surface area contributed by atoms with Gasteiger partial charge in [0.25, 0.3) is 5.91 Å². The van der Waals surface area contributed by atoms with Gasteiger partial charge in [-0.05, 0) is 54.3 Å². The number of fused-ring (bicyclic) bond motifs is 1. The van der Waals surface area contributed by atoms with Crippen molar-refractivity contribution in [2.45, 2.75) is 32.4 Å². The molecule has 0 aliphatic heterocycles. The fourth-order valence-electron chi connectivity index (χ4n) is 3.97. The smallest absolute Gasteiger partial charge is 0.338 e. The molecule has 0 aliphatic rings. The van der Waals surface area contributed by atoms with Crippen molar-refractivity contribution in [1.82, 2.24) is 5.32 Å². The lowest BCUT2D eigenvalue weighted by molar-refractivity contribution is -0.125. The van der Waals surface area contributed by atoms with Gasteiger partial charge in [-0.1, -0.05) is 42.5 Å². The minimum Gasteiger partial charge on any atom is -0.489 e. The number of aryl methyl sites for hydroxylation is 1. The predicted molar refractivity (Wildman–Crippen MR) is 140 cm³/mol. The summed E-state index contributed by atoms with van der Waals surface area (Å²) in [6.45, 7) is 1.65. The van der Waals surface area contributed by atoms with E-state index < -0.39 is 24.1 Å². The summed E-state index contributed by atoms with van der Waals surface area (Å²) in [6, 6.07) is 24.5. The van der Waals surface area contributed by atoms with Gasteiger partial charge in [-0.2, -0.15) is 5.26 Å². The number of nitriles is 1. The SMILES string of the molecule is Cc1cc(=O)oc2cc(OCc3ccc(C(=O)OCC(=O)NC(CCC#N)c4ccccc4)cc3)ccc12. The van der Waals surface area contributed by atoms with E-state index >= 15 is 0 Å². The maximum atomic E-state index is 12.4. The summed E-state index contributed by atoms with van der Waals surface area (Å²) in [7, 11) is 0. The van der Waals surface area contributed by atoms with Gasteiger partial charge in [-0.3, -0.25) is 4.79 Å². The van der Waals surface area contributed by atoms with Crippen molar-refractivity contribution in [3.05, 3.63) is 112 Å². The van der Waals surface area contributed by atoms with E-state index in [9.17, 15) is 14.4 Å². The number of hydrogen-bond donors (Lipinski definition) is 1. The number of hydrogen-bond acceptors (Lipinski definition) is 7. The molecule has 38 heavy (non-hydrogen) atoms. The second kappa shape index (κ2) is 12.4. The summed E-state index contributed by atoms with van der Waals surface area (Å²) < 4.78 is 16.2. The van der Waals surface area contributed by atoms with Gasteiger partial charge in [0, 0.05) is 23.9 Å². The van der Waals surface area contributed by atoms with Crippen LogP contribution in [0.3, 0.4) is 0 Å². The molecule has 0 aliphatic carbocycles. The van der Waals surface area contributed by atoms with Gasteiger partial charge < -0.3 is 19.2 Å². The Morgan fingerprint density at radius 1 is 1.03 bits per heavy atom. The lowest BCUT2D eigenvalue weighted by Gasteiger charge is -2.18. The van der Waals surface area contributed by atoms with Crippen molar-refractivity contribution in [1.29, 1.82) is 5.26 Å². The second-order valence-electron chi connectivity index (χ2n) is 8.70. The number of benzene rings is 3. The van der Waals surface area contributed by atoms with Crippen LogP contribution >= 0.6 is 0 Å². The Kier molecular flexibility index (Phi) is 8.52. The number of carbonyl (C=O) groups is 2. The summed E-state index contributed by atoms with van der Waals surface area (Å²) in [5.74, 6) is -0.526. The second-order valence-corrected chi connectivity index (χ2v) is 8.70. The van der Waals surface area contributed by atoms with E-state index in [1.165, 1.54) is 6.07 Å². The highest BCUT2D eigenvalue weighted by atomic mass is 16.5. The summed E-state index contributed by atoms with van der Waals surface area (Å²) in [4.78, 5) is 36.5.